The molecule has 1 aromatic rings. The first-order valence-electron chi connectivity index (χ1n) is 6.52. The van der Waals surface area contributed by atoms with Crippen LogP contribution in [-0.2, 0) is 19.6 Å². The van der Waals surface area contributed by atoms with Crippen molar-refractivity contribution in [3.63, 3.8) is 0 Å². The SMILES string of the molecule is CCOC(=O)c1cc(N2CC(S(N)(=O)=O)CC2=O)ccc1Cl. The van der Waals surface area contributed by atoms with Crippen LogP contribution in [0.15, 0.2) is 18.2 Å². The summed E-state index contributed by atoms with van der Waals surface area (Å²) in [6, 6.07) is 4.40. The number of sulfonamides is 1. The number of anilines is 1. The monoisotopic (exact) mass is 346 g/mol. The number of hydrogen-bond acceptors (Lipinski definition) is 5. The van der Waals surface area contributed by atoms with Gasteiger partial charge < -0.3 is 9.64 Å². The van der Waals surface area contributed by atoms with E-state index in [1.807, 2.05) is 0 Å². The van der Waals surface area contributed by atoms with E-state index < -0.39 is 21.2 Å². The molecule has 0 spiro atoms. The smallest absolute Gasteiger partial charge is 0.339 e. The van der Waals surface area contributed by atoms with Gasteiger partial charge in [-0.3, -0.25) is 4.79 Å². The number of hydrogen-bond donors (Lipinski definition) is 1. The molecule has 0 saturated carbocycles. The Hall–Kier alpha value is -1.64. The van der Waals surface area contributed by atoms with Gasteiger partial charge in [-0.2, -0.15) is 0 Å². The molecule has 9 heteroatoms. The molecule has 1 aliphatic heterocycles. The molecule has 2 rings (SSSR count). The highest BCUT2D eigenvalue weighted by Gasteiger charge is 2.37. The molecule has 1 atom stereocenters. The standard InChI is InChI=1S/C13H15ClN2O5S/c1-2-21-13(18)10-5-8(3-4-11(10)14)16-7-9(6-12(16)17)22(15,19)20/h3-5,9H,2,6-7H2,1H3,(H2,15,19,20). The maximum atomic E-state index is 12.0. The molecule has 22 heavy (non-hydrogen) atoms. The maximum absolute atomic E-state index is 12.0. The molecule has 0 aliphatic carbocycles. The minimum absolute atomic E-state index is 0.0540. The van der Waals surface area contributed by atoms with Crippen LogP contribution in [-0.4, -0.2) is 38.7 Å². The topological polar surface area (TPSA) is 107 Å². The first-order chi connectivity index (χ1) is 10.2. The van der Waals surface area contributed by atoms with Crippen molar-refractivity contribution in [3.8, 4) is 0 Å². The van der Waals surface area contributed by atoms with Gasteiger partial charge in [0.25, 0.3) is 0 Å². The molecule has 1 aliphatic rings. The summed E-state index contributed by atoms with van der Waals surface area (Å²) in [4.78, 5) is 25.1. The summed E-state index contributed by atoms with van der Waals surface area (Å²) in [7, 11) is -3.80. The van der Waals surface area contributed by atoms with Crippen LogP contribution in [0.25, 0.3) is 0 Å². The lowest BCUT2D eigenvalue weighted by Crippen LogP contribution is -2.32. The second kappa shape index (κ2) is 6.23. The molecule has 1 unspecified atom stereocenters. The molecule has 0 radical (unpaired) electrons. The molecule has 2 N–H and O–H groups in total. The summed E-state index contributed by atoms with van der Waals surface area (Å²) in [5.41, 5.74) is 0.497. The van der Waals surface area contributed by atoms with E-state index in [-0.39, 0.29) is 36.1 Å². The van der Waals surface area contributed by atoms with Crippen LogP contribution in [0.2, 0.25) is 5.02 Å². The zero-order chi connectivity index (χ0) is 16.5. The Labute approximate surface area is 133 Å². The van der Waals surface area contributed by atoms with Crippen LogP contribution in [0.5, 0.6) is 0 Å². The van der Waals surface area contributed by atoms with Gasteiger partial charge in [0.2, 0.25) is 15.9 Å². The first-order valence-corrected chi connectivity index (χ1v) is 8.51. The highest BCUT2D eigenvalue weighted by Crippen LogP contribution is 2.28. The summed E-state index contributed by atoms with van der Waals surface area (Å²) in [6.07, 6.45) is -0.184. The summed E-state index contributed by atoms with van der Waals surface area (Å²) >= 11 is 5.95. The van der Waals surface area contributed by atoms with Gasteiger partial charge in [0.15, 0.2) is 0 Å². The molecule has 7 nitrogen and oxygen atoms in total. The number of benzene rings is 1. The third-order valence-electron chi connectivity index (χ3n) is 3.31. The van der Waals surface area contributed by atoms with Gasteiger partial charge in [-0.15, -0.1) is 0 Å². The summed E-state index contributed by atoms with van der Waals surface area (Å²) in [5, 5.41) is 4.32. The minimum Gasteiger partial charge on any atom is -0.462 e. The van der Waals surface area contributed by atoms with E-state index >= 15 is 0 Å². The Kier molecular flexibility index (Phi) is 4.74. The maximum Gasteiger partial charge on any atom is 0.339 e. The Morgan fingerprint density at radius 2 is 2.18 bits per heavy atom. The quantitative estimate of drug-likeness (QED) is 0.815. The molecule has 1 saturated heterocycles. The van der Waals surface area contributed by atoms with Gasteiger partial charge in [-0.1, -0.05) is 11.6 Å². The number of amides is 1. The number of nitrogens with zero attached hydrogens (tertiary/aromatic N) is 1. The Balaban J connectivity index is 2.32. The van der Waals surface area contributed by atoms with Gasteiger partial charge >= 0.3 is 5.97 Å². The lowest BCUT2D eigenvalue weighted by molar-refractivity contribution is -0.117. The van der Waals surface area contributed by atoms with Crippen LogP contribution >= 0.6 is 11.6 Å². The number of carbonyl (C=O) groups is 2. The Morgan fingerprint density at radius 1 is 1.50 bits per heavy atom. The van der Waals surface area contributed by atoms with Gasteiger partial charge in [0, 0.05) is 18.7 Å². The van der Waals surface area contributed by atoms with Crippen LogP contribution in [0.1, 0.15) is 23.7 Å². The zero-order valence-corrected chi connectivity index (χ0v) is 13.4. The number of nitrogens with two attached hydrogens (primary N) is 1. The predicted molar refractivity (Wildman–Crippen MR) is 81.3 cm³/mol. The molecule has 1 aromatic carbocycles. The highest BCUT2D eigenvalue weighted by molar-refractivity contribution is 7.89. The Bertz CT molecular complexity index is 719. The van der Waals surface area contributed by atoms with Gasteiger partial charge in [-0.05, 0) is 25.1 Å². The summed E-state index contributed by atoms with van der Waals surface area (Å²) < 4.78 is 27.6. The van der Waals surface area contributed by atoms with Crippen LogP contribution < -0.4 is 10.0 Å². The van der Waals surface area contributed by atoms with Gasteiger partial charge in [-0.25, -0.2) is 18.4 Å². The van der Waals surface area contributed by atoms with E-state index in [4.69, 9.17) is 21.5 Å². The number of ether oxygens (including phenoxy) is 1. The van der Waals surface area contributed by atoms with E-state index in [0.717, 1.165) is 0 Å². The molecule has 1 fully saturated rings. The largest absolute Gasteiger partial charge is 0.462 e. The average Bonchev–Trinajstić information content (AvgIpc) is 2.82. The fourth-order valence-corrected chi connectivity index (χ4v) is 3.12. The van der Waals surface area contributed by atoms with Crippen LogP contribution in [0, 0.1) is 0 Å². The fourth-order valence-electron chi connectivity index (χ4n) is 2.19. The molecule has 0 aromatic heterocycles. The van der Waals surface area contributed by atoms with Crippen molar-refractivity contribution in [2.75, 3.05) is 18.1 Å². The lowest BCUT2D eigenvalue weighted by Gasteiger charge is -2.17. The van der Waals surface area contributed by atoms with Crippen LogP contribution in [0.4, 0.5) is 5.69 Å². The summed E-state index contributed by atoms with van der Waals surface area (Å²) in [6.45, 7) is 1.80. The van der Waals surface area contributed by atoms with Crippen molar-refractivity contribution in [1.29, 1.82) is 0 Å². The highest BCUT2D eigenvalue weighted by atomic mass is 35.5. The molecular formula is C13H15ClN2O5S. The Morgan fingerprint density at radius 3 is 2.73 bits per heavy atom. The van der Waals surface area contributed by atoms with Crippen LogP contribution in [0.3, 0.4) is 0 Å². The average molecular weight is 347 g/mol. The number of halogens is 1. The lowest BCUT2D eigenvalue weighted by atomic mass is 10.2. The number of carbonyl (C=O) groups excluding carboxylic acids is 2. The first kappa shape index (κ1) is 16.7. The van der Waals surface area contributed by atoms with Crippen molar-refractivity contribution >= 4 is 39.2 Å². The second-order valence-corrected chi connectivity index (χ2v) is 7.06. The van der Waals surface area contributed by atoms with E-state index in [1.54, 1.807) is 6.92 Å². The fraction of sp³-hybridized carbons (Fsp3) is 0.385. The van der Waals surface area contributed by atoms with Crippen molar-refractivity contribution in [2.24, 2.45) is 5.14 Å². The normalized spacial score (nSPS) is 18.6. The van der Waals surface area contributed by atoms with E-state index in [9.17, 15) is 18.0 Å². The third kappa shape index (κ3) is 3.40. The van der Waals surface area contributed by atoms with Gasteiger partial charge in [0.1, 0.15) is 5.25 Å². The second-order valence-electron chi connectivity index (χ2n) is 4.80. The van der Waals surface area contributed by atoms with E-state index in [0.29, 0.717) is 5.69 Å². The van der Waals surface area contributed by atoms with Crippen molar-refractivity contribution in [2.45, 2.75) is 18.6 Å². The molecule has 120 valence electrons. The third-order valence-corrected chi connectivity index (χ3v) is 4.89. The van der Waals surface area contributed by atoms with E-state index in [2.05, 4.69) is 0 Å². The van der Waals surface area contributed by atoms with Crippen molar-refractivity contribution < 1.29 is 22.7 Å². The summed E-state index contributed by atoms with van der Waals surface area (Å²) in [5.74, 6) is -0.986. The molecule has 1 heterocycles. The van der Waals surface area contributed by atoms with Crippen molar-refractivity contribution in [1.82, 2.24) is 0 Å². The van der Waals surface area contributed by atoms with Gasteiger partial charge in [0.05, 0.1) is 17.2 Å². The zero-order valence-electron chi connectivity index (χ0n) is 11.8. The minimum atomic E-state index is -3.80. The number of esters is 1. The number of rotatable bonds is 4. The van der Waals surface area contributed by atoms with E-state index in [1.165, 1.54) is 23.1 Å². The molecule has 0 bridgehead atoms. The predicted octanol–water partition coefficient (Wildman–Crippen LogP) is 0.911. The molecule has 1 amide bonds. The molecular weight excluding hydrogens is 332 g/mol. The number of primary sulfonamides is 1. The van der Waals surface area contributed by atoms with Crippen molar-refractivity contribution in [3.05, 3.63) is 28.8 Å².